The lowest BCUT2D eigenvalue weighted by molar-refractivity contribution is -0.124. The summed E-state index contributed by atoms with van der Waals surface area (Å²) in [5.74, 6) is 0.00370. The van der Waals surface area contributed by atoms with Gasteiger partial charge in [0.1, 0.15) is 5.70 Å². The number of amides is 1. The van der Waals surface area contributed by atoms with Crippen LogP contribution in [0.2, 0.25) is 0 Å². The van der Waals surface area contributed by atoms with Crippen molar-refractivity contribution in [1.29, 1.82) is 0 Å². The van der Waals surface area contributed by atoms with E-state index in [1.165, 1.54) is 0 Å². The highest BCUT2D eigenvalue weighted by molar-refractivity contribution is 5.94. The van der Waals surface area contributed by atoms with Crippen molar-refractivity contribution in [3.8, 4) is 0 Å². The molecule has 0 aromatic heterocycles. The third-order valence-electron chi connectivity index (χ3n) is 2.39. The minimum Gasteiger partial charge on any atom is -0.374 e. The quantitative estimate of drug-likeness (QED) is 0.790. The van der Waals surface area contributed by atoms with Gasteiger partial charge in [-0.1, -0.05) is 24.6 Å². The summed E-state index contributed by atoms with van der Waals surface area (Å²) in [4.78, 5) is 13.6. The summed E-state index contributed by atoms with van der Waals surface area (Å²) in [5, 5.41) is 3.21. The summed E-state index contributed by atoms with van der Waals surface area (Å²) in [5.41, 5.74) is 1.77. The average molecular weight is 220 g/mol. The molecule has 16 heavy (non-hydrogen) atoms. The van der Waals surface area contributed by atoms with Crippen molar-refractivity contribution in [1.82, 2.24) is 10.2 Å². The van der Waals surface area contributed by atoms with Gasteiger partial charge in [-0.25, -0.2) is 0 Å². The van der Waals surface area contributed by atoms with E-state index in [0.29, 0.717) is 5.70 Å². The molecule has 1 rings (SSSR count). The lowest BCUT2D eigenvalue weighted by Crippen LogP contribution is -2.36. The molecule has 1 N–H and O–H groups in total. The van der Waals surface area contributed by atoms with Gasteiger partial charge in [0.05, 0.1) is 0 Å². The molecule has 1 unspecified atom stereocenters. The van der Waals surface area contributed by atoms with Crippen LogP contribution >= 0.6 is 0 Å². The van der Waals surface area contributed by atoms with Crippen LogP contribution in [0.25, 0.3) is 0 Å². The van der Waals surface area contributed by atoms with Gasteiger partial charge in [-0.2, -0.15) is 0 Å². The van der Waals surface area contributed by atoms with E-state index in [9.17, 15) is 4.79 Å². The van der Waals surface area contributed by atoms with E-state index in [1.807, 2.05) is 32.2 Å². The molecule has 3 nitrogen and oxygen atoms in total. The van der Waals surface area contributed by atoms with Crippen LogP contribution in [0.1, 0.15) is 27.2 Å². The molecule has 0 saturated carbocycles. The third-order valence-corrected chi connectivity index (χ3v) is 2.39. The molecule has 1 aliphatic heterocycles. The molecule has 1 aliphatic rings. The summed E-state index contributed by atoms with van der Waals surface area (Å²) >= 11 is 0. The van der Waals surface area contributed by atoms with Crippen molar-refractivity contribution in [3.63, 3.8) is 0 Å². The predicted molar refractivity (Wildman–Crippen MR) is 66.6 cm³/mol. The van der Waals surface area contributed by atoms with Crippen LogP contribution in [-0.2, 0) is 4.79 Å². The second kappa shape index (κ2) is 5.54. The molecule has 0 bridgehead atoms. The first-order chi connectivity index (χ1) is 7.54. The number of likely N-dealkylation sites (N-methyl/N-ethyl adjacent to an activating group) is 1. The van der Waals surface area contributed by atoms with Gasteiger partial charge in [-0.15, -0.1) is 0 Å². The summed E-state index contributed by atoms with van der Waals surface area (Å²) in [6.45, 7) is 6.04. The van der Waals surface area contributed by atoms with E-state index in [1.54, 1.807) is 11.9 Å². The minimum atomic E-state index is 0.00370. The number of carbonyl (C=O) groups excluding carboxylic acids is 1. The van der Waals surface area contributed by atoms with Crippen LogP contribution in [0.15, 0.2) is 35.7 Å². The topological polar surface area (TPSA) is 32.3 Å². The van der Waals surface area contributed by atoms with Crippen molar-refractivity contribution < 1.29 is 4.79 Å². The van der Waals surface area contributed by atoms with Crippen LogP contribution < -0.4 is 5.32 Å². The standard InChI is InChI=1S/C13H20N2O/c1-5-11-7-6-8-12(14-11)13(16)15(4)9-10(2)3/h6-9,11,14H,5H2,1-4H3. The molecular formula is C13H20N2O. The zero-order chi connectivity index (χ0) is 12.1. The van der Waals surface area contributed by atoms with Gasteiger partial charge in [0.25, 0.3) is 5.91 Å². The normalized spacial score (nSPS) is 18.5. The highest BCUT2D eigenvalue weighted by atomic mass is 16.2. The van der Waals surface area contributed by atoms with Gasteiger partial charge in [0.2, 0.25) is 0 Å². The summed E-state index contributed by atoms with van der Waals surface area (Å²) in [6.07, 6.45) is 8.65. The lowest BCUT2D eigenvalue weighted by Gasteiger charge is -2.22. The van der Waals surface area contributed by atoms with Gasteiger partial charge < -0.3 is 10.2 Å². The Hall–Kier alpha value is -1.51. The van der Waals surface area contributed by atoms with E-state index in [0.717, 1.165) is 12.0 Å². The number of dihydropyridines is 1. The van der Waals surface area contributed by atoms with E-state index in [2.05, 4.69) is 18.3 Å². The fourth-order valence-electron chi connectivity index (χ4n) is 1.59. The first-order valence-corrected chi connectivity index (χ1v) is 5.61. The van der Waals surface area contributed by atoms with Gasteiger partial charge in [0.15, 0.2) is 0 Å². The number of hydrogen-bond donors (Lipinski definition) is 1. The van der Waals surface area contributed by atoms with Crippen molar-refractivity contribution in [2.75, 3.05) is 7.05 Å². The number of nitrogens with one attached hydrogen (secondary N) is 1. The van der Waals surface area contributed by atoms with Gasteiger partial charge in [0, 0.05) is 19.3 Å². The number of carbonyl (C=O) groups is 1. The summed E-state index contributed by atoms with van der Waals surface area (Å²) in [7, 11) is 1.77. The van der Waals surface area contributed by atoms with E-state index < -0.39 is 0 Å². The molecule has 0 aromatic carbocycles. The van der Waals surface area contributed by atoms with Crippen molar-refractivity contribution >= 4 is 5.91 Å². The fourth-order valence-corrected chi connectivity index (χ4v) is 1.59. The number of allylic oxidation sites excluding steroid dienone is 3. The zero-order valence-corrected chi connectivity index (χ0v) is 10.4. The maximum atomic E-state index is 12.0. The first kappa shape index (κ1) is 12.6. The van der Waals surface area contributed by atoms with Crippen molar-refractivity contribution in [2.45, 2.75) is 33.2 Å². The van der Waals surface area contributed by atoms with E-state index >= 15 is 0 Å². The summed E-state index contributed by atoms with van der Waals surface area (Å²) < 4.78 is 0. The van der Waals surface area contributed by atoms with Crippen LogP contribution in [0.4, 0.5) is 0 Å². The molecule has 0 spiro atoms. The molecule has 1 atom stereocenters. The zero-order valence-electron chi connectivity index (χ0n) is 10.4. The Bertz CT molecular complexity index is 349. The highest BCUT2D eigenvalue weighted by Crippen LogP contribution is 2.08. The van der Waals surface area contributed by atoms with Crippen LogP contribution in [0, 0.1) is 0 Å². The van der Waals surface area contributed by atoms with E-state index in [4.69, 9.17) is 0 Å². The molecule has 1 heterocycles. The second-order valence-electron chi connectivity index (χ2n) is 4.25. The Kier molecular flexibility index (Phi) is 4.35. The maximum Gasteiger partial charge on any atom is 0.273 e. The predicted octanol–water partition coefficient (Wildman–Crippen LogP) is 2.19. The summed E-state index contributed by atoms with van der Waals surface area (Å²) in [6, 6.07) is 0.268. The third kappa shape index (κ3) is 3.26. The molecule has 1 amide bonds. The monoisotopic (exact) mass is 220 g/mol. The number of hydrogen-bond acceptors (Lipinski definition) is 2. The van der Waals surface area contributed by atoms with E-state index in [-0.39, 0.29) is 11.9 Å². The Morgan fingerprint density at radius 3 is 2.81 bits per heavy atom. The van der Waals surface area contributed by atoms with Crippen LogP contribution in [-0.4, -0.2) is 23.9 Å². The maximum absolute atomic E-state index is 12.0. The molecule has 0 fully saturated rings. The SMILES string of the molecule is CCC1C=CC=C(C(=O)N(C)C=C(C)C)N1. The molecule has 88 valence electrons. The van der Waals surface area contributed by atoms with Crippen LogP contribution in [0.3, 0.4) is 0 Å². The minimum absolute atomic E-state index is 0.00370. The van der Waals surface area contributed by atoms with Gasteiger partial charge >= 0.3 is 0 Å². The Balaban J connectivity index is 2.72. The molecule has 0 aromatic rings. The molecule has 0 saturated heterocycles. The largest absolute Gasteiger partial charge is 0.374 e. The van der Waals surface area contributed by atoms with Gasteiger partial charge in [-0.05, 0) is 26.3 Å². The molecule has 0 radical (unpaired) electrons. The van der Waals surface area contributed by atoms with Crippen molar-refractivity contribution in [2.24, 2.45) is 0 Å². The van der Waals surface area contributed by atoms with Crippen LogP contribution in [0.5, 0.6) is 0 Å². The smallest absolute Gasteiger partial charge is 0.273 e. The average Bonchev–Trinajstić information content (AvgIpc) is 2.27. The molecule has 3 heteroatoms. The molecular weight excluding hydrogens is 200 g/mol. The lowest BCUT2D eigenvalue weighted by atomic mass is 10.1. The van der Waals surface area contributed by atoms with Crippen molar-refractivity contribution in [3.05, 3.63) is 35.7 Å². The first-order valence-electron chi connectivity index (χ1n) is 5.61. The Labute approximate surface area is 97.5 Å². The number of nitrogens with zero attached hydrogens (tertiary/aromatic N) is 1. The number of rotatable bonds is 3. The van der Waals surface area contributed by atoms with Gasteiger partial charge in [-0.3, -0.25) is 4.79 Å². The fraction of sp³-hybridized carbons (Fsp3) is 0.462. The Morgan fingerprint density at radius 1 is 1.56 bits per heavy atom. The highest BCUT2D eigenvalue weighted by Gasteiger charge is 2.16. The molecule has 0 aliphatic carbocycles. The Morgan fingerprint density at radius 2 is 2.25 bits per heavy atom. The second-order valence-corrected chi connectivity index (χ2v) is 4.25.